The molecule has 3 N–H and O–H groups in total. The number of likely N-dealkylation sites (N-methyl/N-ethyl adjacent to an activating group) is 1. The van der Waals surface area contributed by atoms with Gasteiger partial charge >= 0.3 is 0 Å². The third-order valence-corrected chi connectivity index (χ3v) is 4.84. The smallest absolute Gasteiger partial charge is 0.180 e. The Bertz CT molecular complexity index is 998. The van der Waals surface area contributed by atoms with Crippen LogP contribution < -0.4 is 15.4 Å². The predicted molar refractivity (Wildman–Crippen MR) is 114 cm³/mol. The number of benzene rings is 1. The van der Waals surface area contributed by atoms with Crippen LogP contribution in [0.4, 0.5) is 11.4 Å². The summed E-state index contributed by atoms with van der Waals surface area (Å²) in [5.41, 5.74) is 4.99. The topological polar surface area (TPSA) is 82.3 Å². The minimum Gasteiger partial charge on any atom is -0.490 e. The van der Waals surface area contributed by atoms with E-state index < -0.39 is 0 Å². The Balaban J connectivity index is 1.77. The van der Waals surface area contributed by atoms with Crippen molar-refractivity contribution in [1.29, 1.82) is 0 Å². The number of aromatic nitrogens is 2. The maximum atomic E-state index is 12.7. The van der Waals surface area contributed by atoms with Crippen molar-refractivity contribution < 1.29 is 9.53 Å². The molecule has 3 aromatic rings. The van der Waals surface area contributed by atoms with E-state index in [-0.39, 0.29) is 5.78 Å². The molecule has 29 heavy (non-hydrogen) atoms. The average Bonchev–Trinajstić information content (AvgIpc) is 3.08. The highest BCUT2D eigenvalue weighted by atomic mass is 16.5. The number of aromatic amines is 1. The van der Waals surface area contributed by atoms with E-state index in [4.69, 9.17) is 4.74 Å². The zero-order valence-corrected chi connectivity index (χ0v) is 16.7. The molecule has 0 aliphatic carbocycles. The summed E-state index contributed by atoms with van der Waals surface area (Å²) in [6, 6.07) is 11.8. The Morgan fingerprint density at radius 1 is 1.17 bits per heavy atom. The lowest BCUT2D eigenvalue weighted by molar-refractivity contribution is 0.0983. The second-order valence-corrected chi connectivity index (χ2v) is 7.27. The summed E-state index contributed by atoms with van der Waals surface area (Å²) in [6.45, 7) is 2.30. The molecule has 0 saturated carbocycles. The number of hydrogen-bond acceptors (Lipinski definition) is 6. The van der Waals surface area contributed by atoms with Gasteiger partial charge in [0.2, 0.25) is 0 Å². The first-order valence-electron chi connectivity index (χ1n) is 9.66. The molecule has 7 nitrogen and oxygen atoms in total. The third-order valence-electron chi connectivity index (χ3n) is 4.84. The second-order valence-electron chi connectivity index (χ2n) is 7.27. The number of carbonyl (C=O) groups is 1. The van der Waals surface area contributed by atoms with Crippen molar-refractivity contribution in [3.05, 3.63) is 60.0 Å². The van der Waals surface area contributed by atoms with Crippen molar-refractivity contribution in [2.24, 2.45) is 0 Å². The largest absolute Gasteiger partial charge is 0.490 e. The minimum absolute atomic E-state index is 0.0660. The maximum absolute atomic E-state index is 12.7. The van der Waals surface area contributed by atoms with Crippen molar-refractivity contribution in [3.63, 3.8) is 0 Å². The van der Waals surface area contributed by atoms with Crippen molar-refractivity contribution in [2.75, 3.05) is 39.1 Å². The standard InChI is InChI=1S/C22H25N5O2/c1-27(2)10-11-29-19-14-23-9-8-16(19)21-22(25-15-6-4-3-5-7-15)20-17(26-21)12-24-13-18(20)28/h3-9,14,24-26H,10-13H2,1-2H3. The molecular weight excluding hydrogens is 366 g/mol. The van der Waals surface area contributed by atoms with E-state index in [1.807, 2.05) is 50.5 Å². The SMILES string of the molecule is CN(C)CCOc1cnccc1-c1[nH]c2c(c1Nc1ccccc1)C(=O)CNC2. The van der Waals surface area contributed by atoms with E-state index in [0.717, 1.165) is 34.9 Å². The van der Waals surface area contributed by atoms with Crippen molar-refractivity contribution in [1.82, 2.24) is 20.2 Å². The quantitative estimate of drug-likeness (QED) is 0.574. The highest BCUT2D eigenvalue weighted by molar-refractivity contribution is 6.08. The molecule has 1 aliphatic rings. The van der Waals surface area contributed by atoms with Crippen LogP contribution in [0.1, 0.15) is 16.1 Å². The zero-order chi connectivity index (χ0) is 20.2. The van der Waals surface area contributed by atoms with E-state index in [1.54, 1.807) is 12.4 Å². The Morgan fingerprint density at radius 3 is 2.79 bits per heavy atom. The minimum atomic E-state index is 0.0660. The lowest BCUT2D eigenvalue weighted by atomic mass is 10.0. The fraction of sp³-hybridized carbons (Fsp3) is 0.273. The first kappa shape index (κ1) is 19.2. The maximum Gasteiger partial charge on any atom is 0.180 e. The van der Waals surface area contributed by atoms with E-state index >= 15 is 0 Å². The van der Waals surface area contributed by atoms with Gasteiger partial charge in [0.05, 0.1) is 29.7 Å². The Morgan fingerprint density at radius 2 is 2.00 bits per heavy atom. The number of nitrogens with zero attached hydrogens (tertiary/aromatic N) is 2. The Hall–Kier alpha value is -3.16. The number of pyridine rings is 1. The van der Waals surface area contributed by atoms with Crippen molar-refractivity contribution in [3.8, 4) is 17.0 Å². The summed E-state index contributed by atoms with van der Waals surface area (Å²) >= 11 is 0. The van der Waals surface area contributed by atoms with Crippen LogP contribution in [0.5, 0.6) is 5.75 Å². The molecule has 4 rings (SSSR count). The number of Topliss-reactive ketones (excluding diaryl/α,β-unsaturated/α-hetero) is 1. The fourth-order valence-electron chi connectivity index (χ4n) is 3.41. The summed E-state index contributed by atoms with van der Waals surface area (Å²) in [5, 5.41) is 6.60. The first-order valence-corrected chi connectivity index (χ1v) is 9.66. The number of carbonyl (C=O) groups excluding carboxylic acids is 1. The monoisotopic (exact) mass is 391 g/mol. The Kier molecular flexibility index (Phi) is 5.59. The molecular formula is C22H25N5O2. The van der Waals surface area contributed by atoms with Crippen LogP contribution in [0.3, 0.4) is 0 Å². The van der Waals surface area contributed by atoms with Crippen LogP contribution >= 0.6 is 0 Å². The highest BCUT2D eigenvalue weighted by Gasteiger charge is 2.28. The van der Waals surface area contributed by atoms with Gasteiger partial charge in [0.1, 0.15) is 12.4 Å². The zero-order valence-electron chi connectivity index (χ0n) is 16.7. The van der Waals surface area contributed by atoms with E-state index in [2.05, 4.69) is 25.5 Å². The molecule has 0 unspecified atom stereocenters. The molecule has 0 radical (unpaired) electrons. The van der Waals surface area contributed by atoms with E-state index in [0.29, 0.717) is 31.0 Å². The van der Waals surface area contributed by atoms with Gasteiger partial charge < -0.3 is 25.3 Å². The van der Waals surface area contributed by atoms with Gasteiger partial charge in [-0.1, -0.05) is 18.2 Å². The normalized spacial score (nSPS) is 13.4. The number of para-hydroxylation sites is 1. The summed E-state index contributed by atoms with van der Waals surface area (Å²) in [4.78, 5) is 22.4. The van der Waals surface area contributed by atoms with Crippen LogP contribution in [0.2, 0.25) is 0 Å². The van der Waals surface area contributed by atoms with Crippen LogP contribution in [0, 0.1) is 0 Å². The summed E-state index contributed by atoms with van der Waals surface area (Å²) < 4.78 is 6.01. The second kappa shape index (κ2) is 8.46. The molecule has 1 aliphatic heterocycles. The van der Waals surface area contributed by atoms with Gasteiger partial charge in [-0.2, -0.15) is 0 Å². The molecule has 0 spiro atoms. The average molecular weight is 391 g/mol. The number of fused-ring (bicyclic) bond motifs is 1. The van der Waals surface area contributed by atoms with Gasteiger partial charge in [0, 0.05) is 36.2 Å². The third kappa shape index (κ3) is 4.16. The van der Waals surface area contributed by atoms with Crippen LogP contribution in [0.25, 0.3) is 11.3 Å². The van der Waals surface area contributed by atoms with Gasteiger partial charge in [0.25, 0.3) is 0 Å². The fourth-order valence-corrected chi connectivity index (χ4v) is 3.41. The van der Waals surface area contributed by atoms with E-state index in [1.165, 1.54) is 0 Å². The number of anilines is 2. The van der Waals surface area contributed by atoms with Gasteiger partial charge in [-0.15, -0.1) is 0 Å². The number of hydrogen-bond donors (Lipinski definition) is 3. The molecule has 7 heteroatoms. The van der Waals surface area contributed by atoms with Crippen LogP contribution in [-0.4, -0.2) is 54.4 Å². The molecule has 0 atom stereocenters. The number of ketones is 1. The first-order chi connectivity index (χ1) is 14.1. The lowest BCUT2D eigenvalue weighted by Gasteiger charge is -2.16. The lowest BCUT2D eigenvalue weighted by Crippen LogP contribution is -2.29. The predicted octanol–water partition coefficient (Wildman–Crippen LogP) is 3.05. The van der Waals surface area contributed by atoms with Gasteiger partial charge in [-0.25, -0.2) is 0 Å². The number of H-pyrrole nitrogens is 1. The molecule has 2 aromatic heterocycles. The van der Waals surface area contributed by atoms with Gasteiger partial charge in [0.15, 0.2) is 5.78 Å². The summed E-state index contributed by atoms with van der Waals surface area (Å²) in [7, 11) is 4.01. The van der Waals surface area contributed by atoms with E-state index in [9.17, 15) is 4.79 Å². The molecule has 150 valence electrons. The highest BCUT2D eigenvalue weighted by Crippen LogP contribution is 2.40. The number of ether oxygens (including phenoxy) is 1. The summed E-state index contributed by atoms with van der Waals surface area (Å²) in [6.07, 6.45) is 3.46. The van der Waals surface area contributed by atoms with Crippen molar-refractivity contribution >= 4 is 17.2 Å². The number of rotatable bonds is 7. The van der Waals surface area contributed by atoms with Gasteiger partial charge in [-0.05, 0) is 32.3 Å². The Labute approximate surface area is 170 Å². The molecule has 0 fully saturated rings. The van der Waals surface area contributed by atoms with Gasteiger partial charge in [-0.3, -0.25) is 9.78 Å². The van der Waals surface area contributed by atoms with Crippen molar-refractivity contribution in [2.45, 2.75) is 6.54 Å². The molecule has 1 aromatic carbocycles. The van der Waals surface area contributed by atoms with Crippen LogP contribution in [0.15, 0.2) is 48.8 Å². The number of nitrogens with one attached hydrogen (secondary N) is 3. The summed E-state index contributed by atoms with van der Waals surface area (Å²) in [5.74, 6) is 0.751. The molecule has 0 bridgehead atoms. The molecule has 3 heterocycles. The molecule has 0 saturated heterocycles. The van der Waals surface area contributed by atoms with Crippen LogP contribution in [-0.2, 0) is 6.54 Å². The molecule has 0 amide bonds.